The molecule has 0 saturated heterocycles. The minimum absolute atomic E-state index is 0.846. The van der Waals surface area contributed by atoms with Gasteiger partial charge in [0.05, 0.1) is 0 Å². The first-order valence-corrected chi connectivity index (χ1v) is 6.52. The summed E-state index contributed by atoms with van der Waals surface area (Å²) in [6.45, 7) is 14.2. The van der Waals surface area contributed by atoms with E-state index in [-0.39, 0.29) is 0 Å². The van der Waals surface area contributed by atoms with Crippen LogP contribution in [0.3, 0.4) is 0 Å². The summed E-state index contributed by atoms with van der Waals surface area (Å²) in [5.74, 6) is 3.61. The van der Waals surface area contributed by atoms with E-state index in [0.29, 0.717) is 0 Å². The van der Waals surface area contributed by atoms with Crippen molar-refractivity contribution in [1.29, 1.82) is 0 Å². The maximum atomic E-state index is 2.42. The third kappa shape index (κ3) is 5.02. The van der Waals surface area contributed by atoms with Gasteiger partial charge in [-0.05, 0) is 30.1 Å². The van der Waals surface area contributed by atoms with Gasteiger partial charge in [0.15, 0.2) is 0 Å². The van der Waals surface area contributed by atoms with Gasteiger partial charge in [-0.2, -0.15) is 0 Å². The van der Waals surface area contributed by atoms with Crippen molar-refractivity contribution in [3.05, 3.63) is 0 Å². The summed E-state index contributed by atoms with van der Waals surface area (Å²) in [7, 11) is 0. The molecule has 0 N–H and O–H groups in total. The normalized spacial score (nSPS) is 18.2. The predicted octanol–water partition coefficient (Wildman–Crippen LogP) is 5.13. The summed E-state index contributed by atoms with van der Waals surface area (Å²) in [6, 6.07) is 0. The van der Waals surface area contributed by atoms with Crippen molar-refractivity contribution in [2.45, 2.75) is 67.2 Å². The van der Waals surface area contributed by atoms with Crippen LogP contribution in [-0.4, -0.2) is 0 Å². The van der Waals surface area contributed by atoms with E-state index >= 15 is 0 Å². The minimum atomic E-state index is 0.846. The molecule has 0 radical (unpaired) electrons. The van der Waals surface area contributed by atoms with Gasteiger partial charge in [-0.25, -0.2) is 0 Å². The van der Waals surface area contributed by atoms with E-state index in [4.69, 9.17) is 0 Å². The van der Waals surface area contributed by atoms with E-state index in [0.717, 1.165) is 23.7 Å². The highest BCUT2D eigenvalue weighted by atomic mass is 14.2. The Hall–Kier alpha value is 0. The molecule has 3 unspecified atom stereocenters. The van der Waals surface area contributed by atoms with Crippen LogP contribution < -0.4 is 0 Å². The van der Waals surface area contributed by atoms with Crippen LogP contribution in [0.5, 0.6) is 0 Å². The highest BCUT2D eigenvalue weighted by Crippen LogP contribution is 2.29. The van der Waals surface area contributed by atoms with Crippen molar-refractivity contribution in [2.24, 2.45) is 23.7 Å². The van der Waals surface area contributed by atoms with Crippen LogP contribution in [0, 0.1) is 23.7 Å². The Morgan fingerprint density at radius 1 is 0.857 bits per heavy atom. The molecule has 0 spiro atoms. The first-order valence-electron chi connectivity index (χ1n) is 6.52. The zero-order valence-corrected chi connectivity index (χ0v) is 11.1. The molecule has 0 aliphatic rings. The van der Waals surface area contributed by atoms with Crippen LogP contribution in [-0.2, 0) is 0 Å². The fraction of sp³-hybridized carbons (Fsp3) is 1.00. The van der Waals surface area contributed by atoms with E-state index in [2.05, 4.69) is 41.5 Å². The molecule has 0 aliphatic heterocycles. The highest BCUT2D eigenvalue weighted by Gasteiger charge is 2.19. The molecule has 0 heteroatoms. The topological polar surface area (TPSA) is 0 Å². The van der Waals surface area contributed by atoms with Gasteiger partial charge in [0.1, 0.15) is 0 Å². The summed E-state index contributed by atoms with van der Waals surface area (Å²) in [5, 5.41) is 0. The molecule has 3 atom stereocenters. The van der Waals surface area contributed by atoms with Crippen LogP contribution in [0.4, 0.5) is 0 Å². The second kappa shape index (κ2) is 7.31. The number of rotatable bonds is 7. The molecule has 0 amide bonds. The van der Waals surface area contributed by atoms with Crippen LogP contribution in [0.1, 0.15) is 67.2 Å². The second-order valence-electron chi connectivity index (χ2n) is 5.39. The van der Waals surface area contributed by atoms with Crippen molar-refractivity contribution in [3.8, 4) is 0 Å². The maximum absolute atomic E-state index is 2.42. The molecule has 14 heavy (non-hydrogen) atoms. The van der Waals surface area contributed by atoms with Crippen LogP contribution in [0.15, 0.2) is 0 Å². The zero-order valence-electron chi connectivity index (χ0n) is 11.1. The van der Waals surface area contributed by atoms with Gasteiger partial charge in [-0.15, -0.1) is 0 Å². The van der Waals surface area contributed by atoms with Gasteiger partial charge in [-0.3, -0.25) is 0 Å². The van der Waals surface area contributed by atoms with E-state index in [1.807, 2.05) is 0 Å². The van der Waals surface area contributed by atoms with E-state index in [1.165, 1.54) is 25.7 Å². The second-order valence-corrected chi connectivity index (χ2v) is 5.39. The first-order chi connectivity index (χ1) is 6.52. The van der Waals surface area contributed by atoms with Gasteiger partial charge in [0.2, 0.25) is 0 Å². The van der Waals surface area contributed by atoms with Crippen molar-refractivity contribution >= 4 is 0 Å². The lowest BCUT2D eigenvalue weighted by Gasteiger charge is -2.27. The standard InChI is InChI=1S/C14H30/c1-7-9-14(12(5)8-2)10-13(6)11(3)4/h11-14H,7-10H2,1-6H3. The summed E-state index contributed by atoms with van der Waals surface area (Å²) in [5.41, 5.74) is 0. The monoisotopic (exact) mass is 198 g/mol. The summed E-state index contributed by atoms with van der Waals surface area (Å²) in [4.78, 5) is 0. The SMILES string of the molecule is CCCC(CC(C)C(C)C)C(C)CC. The number of hydrogen-bond acceptors (Lipinski definition) is 0. The quantitative estimate of drug-likeness (QED) is 0.532. The Morgan fingerprint density at radius 3 is 1.79 bits per heavy atom. The molecule has 0 fully saturated rings. The minimum Gasteiger partial charge on any atom is -0.0654 e. The first kappa shape index (κ1) is 14.0. The third-order valence-corrected chi connectivity index (χ3v) is 3.92. The summed E-state index contributed by atoms with van der Waals surface area (Å²) >= 11 is 0. The molecule has 0 aromatic rings. The molecule has 0 aliphatic carbocycles. The molecular weight excluding hydrogens is 168 g/mol. The summed E-state index contributed by atoms with van der Waals surface area (Å²) < 4.78 is 0. The van der Waals surface area contributed by atoms with Gasteiger partial charge < -0.3 is 0 Å². The van der Waals surface area contributed by atoms with Gasteiger partial charge in [-0.1, -0.05) is 60.8 Å². The van der Waals surface area contributed by atoms with Crippen LogP contribution >= 0.6 is 0 Å². The van der Waals surface area contributed by atoms with Crippen molar-refractivity contribution in [1.82, 2.24) is 0 Å². The third-order valence-electron chi connectivity index (χ3n) is 3.92. The van der Waals surface area contributed by atoms with Gasteiger partial charge >= 0.3 is 0 Å². The Bertz CT molecular complexity index is 126. The van der Waals surface area contributed by atoms with Gasteiger partial charge in [0, 0.05) is 0 Å². The molecule has 0 aromatic carbocycles. The molecule has 0 bridgehead atoms. The lowest BCUT2D eigenvalue weighted by atomic mass is 9.79. The number of hydrogen-bond donors (Lipinski definition) is 0. The molecule has 0 saturated carbocycles. The maximum Gasteiger partial charge on any atom is -0.0386 e. The van der Waals surface area contributed by atoms with Crippen LogP contribution in [0.25, 0.3) is 0 Å². The Balaban J connectivity index is 4.07. The zero-order chi connectivity index (χ0) is 11.1. The molecule has 0 rings (SSSR count). The Labute approximate surface area is 91.5 Å². The Morgan fingerprint density at radius 2 is 1.43 bits per heavy atom. The fourth-order valence-electron chi connectivity index (χ4n) is 2.09. The molecule has 0 nitrogen and oxygen atoms in total. The average Bonchev–Trinajstić information content (AvgIpc) is 2.15. The Kier molecular flexibility index (Phi) is 7.31. The van der Waals surface area contributed by atoms with Crippen molar-refractivity contribution in [3.63, 3.8) is 0 Å². The average molecular weight is 198 g/mol. The lowest BCUT2D eigenvalue weighted by Crippen LogP contribution is -2.17. The smallest absolute Gasteiger partial charge is 0.0386 e. The molecule has 86 valence electrons. The fourth-order valence-corrected chi connectivity index (χ4v) is 2.09. The van der Waals surface area contributed by atoms with Crippen LogP contribution in [0.2, 0.25) is 0 Å². The lowest BCUT2D eigenvalue weighted by molar-refractivity contribution is 0.236. The predicted molar refractivity (Wildman–Crippen MR) is 66.5 cm³/mol. The van der Waals surface area contributed by atoms with E-state index in [1.54, 1.807) is 0 Å². The molecular formula is C14H30. The molecule has 0 aromatic heterocycles. The highest BCUT2D eigenvalue weighted by molar-refractivity contribution is 4.70. The van der Waals surface area contributed by atoms with Gasteiger partial charge in [0.25, 0.3) is 0 Å². The van der Waals surface area contributed by atoms with E-state index in [9.17, 15) is 0 Å². The molecule has 0 heterocycles. The van der Waals surface area contributed by atoms with E-state index < -0.39 is 0 Å². The van der Waals surface area contributed by atoms with Crippen molar-refractivity contribution in [2.75, 3.05) is 0 Å². The largest absolute Gasteiger partial charge is 0.0654 e. The summed E-state index contributed by atoms with van der Waals surface area (Å²) in [6.07, 6.45) is 5.54. The van der Waals surface area contributed by atoms with Crippen molar-refractivity contribution < 1.29 is 0 Å².